The first-order valence-electron chi connectivity index (χ1n) is 8.13. The summed E-state index contributed by atoms with van der Waals surface area (Å²) in [7, 11) is 0. The average molecular weight is 486 g/mol. The summed E-state index contributed by atoms with van der Waals surface area (Å²) in [5.74, 6) is -1.14. The van der Waals surface area contributed by atoms with Gasteiger partial charge in [-0.1, -0.05) is 57.2 Å². The van der Waals surface area contributed by atoms with Gasteiger partial charge in [0, 0.05) is 11.5 Å². The number of halogens is 1. The van der Waals surface area contributed by atoms with Crippen LogP contribution in [0.2, 0.25) is 5.02 Å². The number of nitrogens with one attached hydrogen (secondary N) is 2. The molecule has 2 atom stereocenters. The Bertz CT molecular complexity index is 1180. The first-order chi connectivity index (χ1) is 14.2. The van der Waals surface area contributed by atoms with Gasteiger partial charge in [0.1, 0.15) is 0 Å². The molecule has 0 aliphatic rings. The molecule has 158 valence electrons. The van der Waals surface area contributed by atoms with E-state index >= 15 is 0 Å². The number of urea groups is 1. The summed E-state index contributed by atoms with van der Waals surface area (Å²) < 4.78 is 43.8. The van der Waals surface area contributed by atoms with E-state index in [4.69, 9.17) is 11.6 Å². The Hall–Kier alpha value is -2.22. The topological polar surface area (TPSA) is 151 Å². The Labute approximate surface area is 184 Å². The van der Waals surface area contributed by atoms with Gasteiger partial charge in [-0.2, -0.15) is 0 Å². The van der Waals surface area contributed by atoms with Crippen molar-refractivity contribution in [3.63, 3.8) is 0 Å². The lowest BCUT2D eigenvalue weighted by atomic mass is 10.1. The smallest absolute Gasteiger partial charge is 0.327 e. The molecule has 0 fully saturated rings. The third kappa shape index (κ3) is 5.90. The quantitative estimate of drug-likeness (QED) is 0.509. The predicted molar refractivity (Wildman–Crippen MR) is 113 cm³/mol. The standard InChI is InChI=1S/C17H14ClN3O6S3/c18-12-5-9(7-29(24)25)1-3-11(12)15(22)20-16(23)21-17-19-13-4-2-10(8-30(26)27)6-14(13)28-17/h1-6H,7-8H2,(H,24,25)(H,26,27)(H2,19,20,21,22,23)/p-2. The zero-order valence-electron chi connectivity index (χ0n) is 14.9. The van der Waals surface area contributed by atoms with Gasteiger partial charge in [0.25, 0.3) is 5.91 Å². The van der Waals surface area contributed by atoms with Crippen LogP contribution in [0.5, 0.6) is 0 Å². The molecule has 30 heavy (non-hydrogen) atoms. The fraction of sp³-hybridized carbons (Fsp3) is 0.118. The number of aromatic nitrogens is 1. The summed E-state index contributed by atoms with van der Waals surface area (Å²) in [6.45, 7) is 0. The number of anilines is 1. The minimum Gasteiger partial charge on any atom is -0.772 e. The maximum Gasteiger partial charge on any atom is 0.327 e. The number of hydrogen-bond donors (Lipinski definition) is 2. The van der Waals surface area contributed by atoms with Crippen molar-refractivity contribution in [1.29, 1.82) is 0 Å². The zero-order valence-corrected chi connectivity index (χ0v) is 18.1. The molecule has 3 rings (SSSR count). The van der Waals surface area contributed by atoms with Crippen LogP contribution in [-0.4, -0.2) is 34.4 Å². The van der Waals surface area contributed by atoms with Crippen molar-refractivity contribution in [2.75, 3.05) is 5.32 Å². The minimum atomic E-state index is -2.30. The highest BCUT2D eigenvalue weighted by atomic mass is 35.5. The molecular formula is C17H12ClN3O6S3-2. The Kier molecular flexibility index (Phi) is 7.28. The largest absolute Gasteiger partial charge is 0.772 e. The molecular weight excluding hydrogens is 474 g/mol. The van der Waals surface area contributed by atoms with Crippen molar-refractivity contribution >= 4 is 72.4 Å². The molecule has 2 unspecified atom stereocenters. The van der Waals surface area contributed by atoms with Crippen LogP contribution in [0.4, 0.5) is 9.93 Å². The molecule has 0 aliphatic carbocycles. The van der Waals surface area contributed by atoms with Crippen molar-refractivity contribution in [2.45, 2.75) is 11.5 Å². The van der Waals surface area contributed by atoms with E-state index in [0.29, 0.717) is 21.3 Å². The van der Waals surface area contributed by atoms with Crippen LogP contribution >= 0.6 is 22.9 Å². The lowest BCUT2D eigenvalue weighted by molar-refractivity contribution is 0.0967. The summed E-state index contributed by atoms with van der Waals surface area (Å²) in [6, 6.07) is 8.18. The summed E-state index contributed by atoms with van der Waals surface area (Å²) in [6.07, 6.45) is 0. The van der Waals surface area contributed by atoms with Crippen LogP contribution in [0.3, 0.4) is 0 Å². The van der Waals surface area contributed by atoms with Gasteiger partial charge in [0.2, 0.25) is 0 Å². The first kappa shape index (κ1) is 22.5. The molecule has 9 nitrogen and oxygen atoms in total. The molecule has 0 saturated heterocycles. The van der Waals surface area contributed by atoms with Gasteiger partial charge in [0.05, 0.1) is 20.8 Å². The van der Waals surface area contributed by atoms with E-state index in [-0.39, 0.29) is 27.2 Å². The molecule has 0 radical (unpaired) electrons. The molecule has 0 aliphatic heterocycles. The number of nitrogens with zero attached hydrogens (tertiary/aromatic N) is 1. The van der Waals surface area contributed by atoms with Gasteiger partial charge in [-0.3, -0.25) is 23.8 Å². The van der Waals surface area contributed by atoms with Gasteiger partial charge < -0.3 is 9.11 Å². The summed E-state index contributed by atoms with van der Waals surface area (Å²) >= 11 is 2.62. The second-order valence-electron chi connectivity index (χ2n) is 5.94. The van der Waals surface area contributed by atoms with E-state index in [1.807, 2.05) is 0 Å². The molecule has 0 saturated carbocycles. The number of imide groups is 1. The maximum atomic E-state index is 12.3. The minimum absolute atomic E-state index is 0.00604. The Morgan fingerprint density at radius 3 is 2.30 bits per heavy atom. The summed E-state index contributed by atoms with van der Waals surface area (Å²) in [5.41, 5.74) is 1.57. The number of thiazole rings is 1. The summed E-state index contributed by atoms with van der Waals surface area (Å²) in [4.78, 5) is 28.6. The zero-order chi connectivity index (χ0) is 21.8. The normalized spacial score (nSPS) is 13.0. The molecule has 13 heteroatoms. The van der Waals surface area contributed by atoms with Gasteiger partial charge in [-0.25, -0.2) is 9.78 Å². The van der Waals surface area contributed by atoms with E-state index < -0.39 is 34.1 Å². The lowest BCUT2D eigenvalue weighted by Crippen LogP contribution is -2.34. The molecule has 2 aromatic carbocycles. The molecule has 3 amide bonds. The van der Waals surface area contributed by atoms with Crippen LogP contribution in [0.15, 0.2) is 36.4 Å². The van der Waals surface area contributed by atoms with Crippen molar-refractivity contribution in [3.8, 4) is 0 Å². The van der Waals surface area contributed by atoms with Crippen molar-refractivity contribution in [2.24, 2.45) is 0 Å². The fourth-order valence-corrected chi connectivity index (χ4v) is 4.63. The van der Waals surface area contributed by atoms with E-state index in [1.54, 1.807) is 18.2 Å². The molecule has 0 spiro atoms. The second-order valence-corrected chi connectivity index (χ2v) is 9.17. The lowest BCUT2D eigenvalue weighted by Gasteiger charge is -2.09. The fourth-order valence-electron chi connectivity index (χ4n) is 2.52. The van der Waals surface area contributed by atoms with E-state index in [9.17, 15) is 27.1 Å². The number of carbonyl (C=O) groups is 2. The molecule has 0 bridgehead atoms. The number of amides is 3. The maximum absolute atomic E-state index is 12.3. The van der Waals surface area contributed by atoms with Crippen LogP contribution < -0.4 is 10.6 Å². The van der Waals surface area contributed by atoms with E-state index in [1.165, 1.54) is 18.2 Å². The second kappa shape index (κ2) is 9.73. The Balaban J connectivity index is 1.67. The average Bonchev–Trinajstić information content (AvgIpc) is 3.01. The number of rotatable bonds is 6. The van der Waals surface area contributed by atoms with E-state index in [2.05, 4.69) is 15.6 Å². The third-order valence-corrected chi connectivity index (χ3v) is 6.13. The Morgan fingerprint density at radius 1 is 1.03 bits per heavy atom. The Morgan fingerprint density at radius 2 is 1.67 bits per heavy atom. The van der Waals surface area contributed by atoms with Crippen molar-refractivity contribution in [1.82, 2.24) is 10.3 Å². The van der Waals surface area contributed by atoms with Gasteiger partial charge >= 0.3 is 6.03 Å². The molecule has 3 aromatic rings. The highest BCUT2D eigenvalue weighted by molar-refractivity contribution is 7.78. The number of benzene rings is 2. The van der Waals surface area contributed by atoms with Gasteiger partial charge in [-0.15, -0.1) is 0 Å². The number of fused-ring (bicyclic) bond motifs is 1. The monoisotopic (exact) mass is 485 g/mol. The number of hydrogen-bond acceptors (Lipinski definition) is 8. The summed E-state index contributed by atoms with van der Waals surface area (Å²) in [5, 5.41) is 4.78. The number of carbonyl (C=O) groups excluding carboxylic acids is 2. The van der Waals surface area contributed by atoms with Crippen LogP contribution in [0, 0.1) is 0 Å². The van der Waals surface area contributed by atoms with Crippen LogP contribution in [-0.2, 0) is 33.7 Å². The molecule has 1 aromatic heterocycles. The van der Waals surface area contributed by atoms with Crippen LogP contribution in [0.1, 0.15) is 21.5 Å². The van der Waals surface area contributed by atoms with Crippen molar-refractivity contribution < 1.29 is 27.1 Å². The predicted octanol–water partition coefficient (Wildman–Crippen LogP) is 2.67. The third-order valence-electron chi connectivity index (χ3n) is 3.75. The molecule has 1 heterocycles. The highest BCUT2D eigenvalue weighted by Gasteiger charge is 2.15. The molecule has 2 N–H and O–H groups in total. The van der Waals surface area contributed by atoms with Gasteiger partial charge in [-0.05, 0) is 35.4 Å². The van der Waals surface area contributed by atoms with Gasteiger partial charge in [0.15, 0.2) is 5.13 Å². The SMILES string of the molecule is O=C(NC(=O)c1ccc(CS(=O)[O-])cc1Cl)Nc1nc2ccc(CS(=O)[O-])cc2s1. The highest BCUT2D eigenvalue weighted by Crippen LogP contribution is 2.27. The van der Waals surface area contributed by atoms with E-state index in [0.717, 1.165) is 11.3 Å². The van der Waals surface area contributed by atoms with Crippen molar-refractivity contribution in [3.05, 3.63) is 58.1 Å². The van der Waals surface area contributed by atoms with Crippen LogP contribution in [0.25, 0.3) is 10.2 Å². The first-order valence-corrected chi connectivity index (χ1v) is 11.8.